The minimum atomic E-state index is -3.66. The van der Waals surface area contributed by atoms with Gasteiger partial charge in [-0.2, -0.15) is 9.97 Å². The van der Waals surface area contributed by atoms with E-state index >= 15 is 0 Å². The Labute approximate surface area is 203 Å². The molecule has 0 aliphatic carbocycles. The zero-order chi connectivity index (χ0) is 24.6. The van der Waals surface area contributed by atoms with Gasteiger partial charge in [0, 0.05) is 26.8 Å². The van der Waals surface area contributed by atoms with Crippen LogP contribution in [-0.4, -0.2) is 55.4 Å². The summed E-state index contributed by atoms with van der Waals surface area (Å²) in [6.45, 7) is 1.73. The molecule has 1 aliphatic rings. The van der Waals surface area contributed by atoms with Crippen molar-refractivity contribution in [3.63, 3.8) is 0 Å². The molecule has 3 heterocycles. The maximum absolute atomic E-state index is 12.9. The van der Waals surface area contributed by atoms with Crippen LogP contribution in [0, 0.1) is 0 Å². The van der Waals surface area contributed by atoms with E-state index in [1.807, 2.05) is 12.1 Å². The molecule has 0 atom stereocenters. The van der Waals surface area contributed by atoms with E-state index in [9.17, 15) is 8.42 Å². The number of nitrogens with one attached hydrogen (secondary N) is 4. The minimum Gasteiger partial charge on any atom is -0.495 e. The zero-order valence-corrected chi connectivity index (χ0v) is 20.5. The summed E-state index contributed by atoms with van der Waals surface area (Å²) in [7, 11) is 0.981. The number of hydrogen-bond donors (Lipinski definition) is 4. The zero-order valence-electron chi connectivity index (χ0n) is 19.7. The van der Waals surface area contributed by atoms with Crippen LogP contribution in [0.1, 0.15) is 11.1 Å². The molecular formula is C24H27N7O3S. The van der Waals surface area contributed by atoms with Gasteiger partial charge in [-0.25, -0.2) is 12.7 Å². The molecular weight excluding hydrogens is 466 g/mol. The van der Waals surface area contributed by atoms with Crippen LogP contribution in [0.4, 0.5) is 23.1 Å². The van der Waals surface area contributed by atoms with Crippen LogP contribution in [0.3, 0.4) is 0 Å². The molecule has 0 radical (unpaired) electrons. The molecule has 1 aliphatic heterocycles. The lowest BCUT2D eigenvalue weighted by Gasteiger charge is -2.20. The fourth-order valence-electron chi connectivity index (χ4n) is 4.11. The van der Waals surface area contributed by atoms with Crippen molar-refractivity contribution in [3.8, 4) is 5.75 Å². The van der Waals surface area contributed by atoms with E-state index in [-0.39, 0.29) is 4.90 Å². The number of H-pyrrole nitrogens is 1. The molecule has 5 rings (SSSR count). The number of para-hydroxylation sites is 1. The Morgan fingerprint density at radius 3 is 2.66 bits per heavy atom. The average Bonchev–Trinajstić information content (AvgIpc) is 3.33. The van der Waals surface area contributed by atoms with E-state index in [0.29, 0.717) is 28.9 Å². The first-order chi connectivity index (χ1) is 16.9. The molecule has 2 aromatic heterocycles. The van der Waals surface area contributed by atoms with E-state index < -0.39 is 10.0 Å². The number of fused-ring (bicyclic) bond motifs is 2. The summed E-state index contributed by atoms with van der Waals surface area (Å²) in [5, 5.41) is 10.6. The molecule has 4 N–H and O–H groups in total. The molecule has 2 aromatic carbocycles. The summed E-state index contributed by atoms with van der Waals surface area (Å²) in [5.74, 6) is 1.52. The van der Waals surface area contributed by atoms with Crippen LogP contribution in [-0.2, 0) is 23.0 Å². The van der Waals surface area contributed by atoms with Crippen molar-refractivity contribution in [2.24, 2.45) is 0 Å². The fraction of sp³-hybridized carbons (Fsp3) is 0.250. The highest BCUT2D eigenvalue weighted by Gasteiger charge is 2.22. The van der Waals surface area contributed by atoms with Gasteiger partial charge in [0.05, 0.1) is 23.9 Å². The third kappa shape index (κ3) is 4.41. The maximum Gasteiger partial charge on any atom is 0.244 e. The van der Waals surface area contributed by atoms with Crippen molar-refractivity contribution >= 4 is 44.2 Å². The molecule has 0 saturated carbocycles. The first-order valence-electron chi connectivity index (χ1n) is 11.2. The molecule has 0 saturated heterocycles. The van der Waals surface area contributed by atoms with Gasteiger partial charge in [-0.1, -0.05) is 12.1 Å². The average molecular weight is 494 g/mol. The third-order valence-electron chi connectivity index (χ3n) is 5.97. The highest BCUT2D eigenvalue weighted by molar-refractivity contribution is 7.89. The van der Waals surface area contributed by atoms with Crippen LogP contribution >= 0.6 is 0 Å². The summed E-state index contributed by atoms with van der Waals surface area (Å²) in [4.78, 5) is 12.6. The van der Waals surface area contributed by atoms with Gasteiger partial charge in [-0.3, -0.25) is 0 Å². The Bertz CT molecular complexity index is 1500. The van der Waals surface area contributed by atoms with Gasteiger partial charge >= 0.3 is 0 Å². The number of aromatic nitrogens is 3. The SMILES string of the molecule is COc1cc2c(cc1Nc1nc(Nc3ccccc3S(=O)(=O)N(C)C)c3cc[nH]c3n1)CCNC2. The lowest BCUT2D eigenvalue weighted by atomic mass is 10.00. The molecule has 4 aromatic rings. The maximum atomic E-state index is 12.9. The highest BCUT2D eigenvalue weighted by Crippen LogP contribution is 2.34. The Balaban J connectivity index is 1.55. The number of hydrogen-bond acceptors (Lipinski definition) is 8. The number of aromatic amines is 1. The van der Waals surface area contributed by atoms with Crippen LogP contribution in [0.5, 0.6) is 5.75 Å². The van der Waals surface area contributed by atoms with Crippen LogP contribution in [0.25, 0.3) is 11.0 Å². The van der Waals surface area contributed by atoms with E-state index in [4.69, 9.17) is 4.74 Å². The molecule has 0 bridgehead atoms. The largest absolute Gasteiger partial charge is 0.495 e. The lowest BCUT2D eigenvalue weighted by Crippen LogP contribution is -2.23. The van der Waals surface area contributed by atoms with E-state index in [1.165, 1.54) is 29.5 Å². The topological polar surface area (TPSA) is 124 Å². The molecule has 0 unspecified atom stereocenters. The van der Waals surface area contributed by atoms with Crippen molar-refractivity contribution < 1.29 is 13.2 Å². The van der Waals surface area contributed by atoms with Gasteiger partial charge in [0.2, 0.25) is 16.0 Å². The Hall–Kier alpha value is -3.67. The molecule has 10 nitrogen and oxygen atoms in total. The predicted molar refractivity (Wildman–Crippen MR) is 136 cm³/mol. The highest BCUT2D eigenvalue weighted by atomic mass is 32.2. The number of nitrogens with zero attached hydrogens (tertiary/aromatic N) is 3. The second-order valence-corrected chi connectivity index (χ2v) is 10.5. The van der Waals surface area contributed by atoms with Crippen molar-refractivity contribution in [2.75, 3.05) is 38.4 Å². The summed E-state index contributed by atoms with van der Waals surface area (Å²) in [6.07, 6.45) is 2.69. The minimum absolute atomic E-state index is 0.159. The number of rotatable bonds is 7. The summed E-state index contributed by atoms with van der Waals surface area (Å²) in [5.41, 5.74) is 4.25. The van der Waals surface area contributed by atoms with Crippen molar-refractivity contribution in [1.29, 1.82) is 0 Å². The number of sulfonamides is 1. The van der Waals surface area contributed by atoms with E-state index in [1.54, 1.807) is 37.6 Å². The normalized spacial score (nSPS) is 13.6. The smallest absolute Gasteiger partial charge is 0.244 e. The molecule has 0 amide bonds. The van der Waals surface area contributed by atoms with Crippen LogP contribution in [0.2, 0.25) is 0 Å². The second kappa shape index (κ2) is 9.17. The van der Waals surface area contributed by atoms with E-state index in [2.05, 4.69) is 37.0 Å². The third-order valence-corrected chi connectivity index (χ3v) is 7.84. The first kappa shape index (κ1) is 23.1. The fourth-order valence-corrected chi connectivity index (χ4v) is 5.15. The predicted octanol–water partition coefficient (Wildman–Crippen LogP) is 3.35. The van der Waals surface area contributed by atoms with Gasteiger partial charge < -0.3 is 25.7 Å². The van der Waals surface area contributed by atoms with E-state index in [0.717, 1.165) is 30.6 Å². The standard InChI is InChI=1S/C24H27N7O3S/c1-31(2)35(32,33)21-7-5-4-6-18(21)27-23-17-9-11-26-22(17)29-24(30-23)28-19-12-15-8-10-25-14-16(15)13-20(19)34-3/h4-7,9,11-13,25H,8,10,14H2,1-3H3,(H3,26,27,28,29,30). The number of anilines is 4. The van der Waals surface area contributed by atoms with Crippen LogP contribution in [0.15, 0.2) is 53.6 Å². The Kier molecular flexibility index (Phi) is 6.05. The summed E-state index contributed by atoms with van der Waals surface area (Å²) >= 11 is 0. The van der Waals surface area contributed by atoms with Crippen LogP contribution < -0.4 is 20.7 Å². The van der Waals surface area contributed by atoms with Gasteiger partial charge in [0.25, 0.3) is 0 Å². The number of ether oxygens (including phenoxy) is 1. The second-order valence-electron chi connectivity index (χ2n) is 8.42. The Morgan fingerprint density at radius 2 is 1.86 bits per heavy atom. The van der Waals surface area contributed by atoms with Gasteiger partial charge in [0.1, 0.15) is 22.1 Å². The van der Waals surface area contributed by atoms with Crippen molar-refractivity contribution in [1.82, 2.24) is 24.6 Å². The van der Waals surface area contributed by atoms with Gasteiger partial charge in [-0.05, 0) is 54.4 Å². The quantitative estimate of drug-likeness (QED) is 0.309. The molecule has 0 fully saturated rings. The number of methoxy groups -OCH3 is 1. The lowest BCUT2D eigenvalue weighted by molar-refractivity contribution is 0.415. The summed E-state index contributed by atoms with van der Waals surface area (Å²) < 4.78 is 32.5. The summed E-state index contributed by atoms with van der Waals surface area (Å²) in [6, 6.07) is 12.7. The van der Waals surface area contributed by atoms with Gasteiger partial charge in [0.15, 0.2) is 0 Å². The monoisotopic (exact) mass is 493 g/mol. The van der Waals surface area contributed by atoms with Gasteiger partial charge in [-0.15, -0.1) is 0 Å². The molecule has 182 valence electrons. The molecule has 35 heavy (non-hydrogen) atoms. The van der Waals surface area contributed by atoms with Crippen molar-refractivity contribution in [3.05, 3.63) is 59.8 Å². The van der Waals surface area contributed by atoms with Crippen molar-refractivity contribution in [2.45, 2.75) is 17.9 Å². The first-order valence-corrected chi connectivity index (χ1v) is 12.6. The Morgan fingerprint density at radius 1 is 1.03 bits per heavy atom. The number of benzene rings is 2. The molecule has 0 spiro atoms. The molecule has 11 heteroatoms.